The molecule has 8 nitrogen and oxygen atoms in total. The summed E-state index contributed by atoms with van der Waals surface area (Å²) in [6.45, 7) is 0.261. The van der Waals surface area contributed by atoms with Crippen LogP contribution in [0.5, 0.6) is 0 Å². The van der Waals surface area contributed by atoms with Crippen molar-refractivity contribution in [1.29, 1.82) is 0 Å². The molecule has 0 spiro atoms. The van der Waals surface area contributed by atoms with Gasteiger partial charge in [0, 0.05) is 0 Å². The Morgan fingerprint density at radius 2 is 1.78 bits per heavy atom. The number of nitrogens with zero attached hydrogens (tertiary/aromatic N) is 3. The number of aromatic nitrogens is 4. The molecule has 4 rings (SSSR count). The highest BCUT2D eigenvalue weighted by molar-refractivity contribution is 6.10. The predicted molar refractivity (Wildman–Crippen MR) is 100 cm³/mol. The second kappa shape index (κ2) is 6.75. The molecule has 0 aliphatic rings. The largest absolute Gasteiger partial charge is 0.364 e. The molecule has 2 aromatic carbocycles. The quantitative estimate of drug-likeness (QED) is 0.505. The van der Waals surface area contributed by atoms with Crippen molar-refractivity contribution in [3.05, 3.63) is 77.9 Å². The molecule has 0 radical (unpaired) electrons. The third-order valence-corrected chi connectivity index (χ3v) is 4.15. The fraction of sp³-hybridized carbons (Fsp3) is 0.0526. The molecule has 0 bridgehead atoms. The van der Waals surface area contributed by atoms with E-state index >= 15 is 0 Å². The van der Waals surface area contributed by atoms with Crippen LogP contribution in [0.15, 0.2) is 60.9 Å². The first-order chi connectivity index (χ1) is 13.1. The Kier molecular flexibility index (Phi) is 4.13. The maximum absolute atomic E-state index is 13.2. The highest BCUT2D eigenvalue weighted by atomic mass is 16.2. The van der Waals surface area contributed by atoms with Crippen molar-refractivity contribution in [3.8, 4) is 0 Å². The van der Waals surface area contributed by atoms with Crippen molar-refractivity contribution >= 4 is 28.8 Å². The molecule has 4 aromatic rings. The number of carbonyl (C=O) groups excluding carboxylic acids is 2. The lowest BCUT2D eigenvalue weighted by atomic mass is 10.2. The molecule has 0 atom stereocenters. The predicted octanol–water partition coefficient (Wildman–Crippen LogP) is 2.23. The topological polar surface area (TPSA) is 121 Å². The number of rotatable bonds is 5. The number of fused-ring (bicyclic) bond motifs is 1. The zero-order valence-electron chi connectivity index (χ0n) is 14.2. The zero-order chi connectivity index (χ0) is 18.8. The van der Waals surface area contributed by atoms with Gasteiger partial charge in [-0.25, -0.2) is 9.97 Å². The van der Waals surface area contributed by atoms with Gasteiger partial charge in [-0.15, -0.1) is 0 Å². The van der Waals surface area contributed by atoms with Crippen molar-refractivity contribution in [2.24, 2.45) is 5.73 Å². The number of para-hydroxylation sites is 2. The summed E-state index contributed by atoms with van der Waals surface area (Å²) in [5, 5.41) is 0. The summed E-state index contributed by atoms with van der Waals surface area (Å²) < 4.78 is 0. The maximum atomic E-state index is 13.2. The van der Waals surface area contributed by atoms with E-state index in [-0.39, 0.29) is 17.9 Å². The number of nitrogens with one attached hydrogen (secondary N) is 2. The summed E-state index contributed by atoms with van der Waals surface area (Å²) in [7, 11) is 0. The number of anilines is 1. The molecule has 4 N–H and O–H groups in total. The van der Waals surface area contributed by atoms with E-state index in [2.05, 4.69) is 19.9 Å². The van der Waals surface area contributed by atoms with Crippen LogP contribution in [0.2, 0.25) is 0 Å². The molecule has 0 aliphatic carbocycles. The van der Waals surface area contributed by atoms with Crippen molar-refractivity contribution < 1.29 is 9.59 Å². The van der Waals surface area contributed by atoms with Gasteiger partial charge in [0.05, 0.1) is 23.9 Å². The summed E-state index contributed by atoms with van der Waals surface area (Å²) in [5.41, 5.74) is 7.70. The Morgan fingerprint density at radius 1 is 1.04 bits per heavy atom. The SMILES string of the molecule is NC(=O)c1nc[nH]c1C(=O)N(Cc1ccccc1)c1nc2ccccc2[nH]1. The van der Waals surface area contributed by atoms with Gasteiger partial charge in [0.25, 0.3) is 11.8 Å². The lowest BCUT2D eigenvalue weighted by molar-refractivity contribution is 0.0953. The van der Waals surface area contributed by atoms with Gasteiger partial charge in [-0.2, -0.15) is 0 Å². The number of carbonyl (C=O) groups is 2. The van der Waals surface area contributed by atoms with E-state index in [1.54, 1.807) is 0 Å². The minimum Gasteiger partial charge on any atom is -0.364 e. The van der Waals surface area contributed by atoms with Crippen LogP contribution in [0.25, 0.3) is 11.0 Å². The monoisotopic (exact) mass is 360 g/mol. The number of aromatic amines is 2. The first kappa shape index (κ1) is 16.5. The Labute approximate surface area is 154 Å². The van der Waals surface area contributed by atoms with Crippen LogP contribution >= 0.6 is 0 Å². The molecular formula is C19H16N6O2. The van der Waals surface area contributed by atoms with E-state index < -0.39 is 11.8 Å². The maximum Gasteiger partial charge on any atom is 0.279 e. The molecule has 0 saturated carbocycles. The number of benzene rings is 2. The van der Waals surface area contributed by atoms with E-state index in [0.29, 0.717) is 5.95 Å². The Morgan fingerprint density at radius 3 is 2.52 bits per heavy atom. The normalized spacial score (nSPS) is 10.8. The first-order valence-corrected chi connectivity index (χ1v) is 8.27. The molecule has 2 heterocycles. The number of nitrogens with two attached hydrogens (primary N) is 1. The van der Waals surface area contributed by atoms with E-state index in [1.807, 2.05) is 54.6 Å². The van der Waals surface area contributed by atoms with Gasteiger partial charge < -0.3 is 15.7 Å². The minimum absolute atomic E-state index is 0.0267. The van der Waals surface area contributed by atoms with Gasteiger partial charge in [-0.1, -0.05) is 42.5 Å². The van der Waals surface area contributed by atoms with Gasteiger partial charge in [-0.3, -0.25) is 14.5 Å². The second-order valence-electron chi connectivity index (χ2n) is 5.94. The summed E-state index contributed by atoms with van der Waals surface area (Å²) in [4.78, 5) is 40.5. The third kappa shape index (κ3) is 3.15. The van der Waals surface area contributed by atoms with E-state index in [0.717, 1.165) is 16.6 Å². The average molecular weight is 360 g/mol. The first-order valence-electron chi connectivity index (χ1n) is 8.27. The number of hydrogen-bond acceptors (Lipinski definition) is 4. The summed E-state index contributed by atoms with van der Waals surface area (Å²) >= 11 is 0. The van der Waals surface area contributed by atoms with Gasteiger partial charge in [0.15, 0.2) is 5.69 Å². The van der Waals surface area contributed by atoms with E-state index in [4.69, 9.17) is 5.73 Å². The highest BCUT2D eigenvalue weighted by Gasteiger charge is 2.26. The molecule has 134 valence electrons. The van der Waals surface area contributed by atoms with Crippen LogP contribution in [-0.2, 0) is 6.54 Å². The van der Waals surface area contributed by atoms with Crippen molar-refractivity contribution in [2.45, 2.75) is 6.54 Å². The van der Waals surface area contributed by atoms with Crippen molar-refractivity contribution in [3.63, 3.8) is 0 Å². The Hall–Kier alpha value is -3.94. The lowest BCUT2D eigenvalue weighted by Gasteiger charge is -2.19. The van der Waals surface area contributed by atoms with Gasteiger partial charge >= 0.3 is 0 Å². The zero-order valence-corrected chi connectivity index (χ0v) is 14.2. The van der Waals surface area contributed by atoms with Crippen molar-refractivity contribution in [1.82, 2.24) is 19.9 Å². The molecule has 0 aliphatic heterocycles. The smallest absolute Gasteiger partial charge is 0.279 e. The van der Waals surface area contributed by atoms with Crippen LogP contribution in [-0.4, -0.2) is 31.8 Å². The fourth-order valence-electron chi connectivity index (χ4n) is 2.86. The number of H-pyrrole nitrogens is 2. The van der Waals surface area contributed by atoms with Crippen LogP contribution in [0, 0.1) is 0 Å². The van der Waals surface area contributed by atoms with Gasteiger partial charge in [-0.05, 0) is 17.7 Å². The number of hydrogen-bond donors (Lipinski definition) is 3. The molecule has 0 unspecified atom stereocenters. The molecule has 27 heavy (non-hydrogen) atoms. The van der Waals surface area contributed by atoms with E-state index in [1.165, 1.54) is 11.2 Å². The third-order valence-electron chi connectivity index (χ3n) is 4.15. The van der Waals surface area contributed by atoms with E-state index in [9.17, 15) is 9.59 Å². The standard InChI is InChI=1S/C19H16N6O2/c20-17(26)15-16(22-11-21-15)18(27)25(10-12-6-2-1-3-7-12)19-23-13-8-4-5-9-14(13)24-19/h1-9,11H,10H2,(H2,20,26)(H,21,22)(H,23,24). The van der Waals surface area contributed by atoms with Crippen LogP contribution in [0.4, 0.5) is 5.95 Å². The molecule has 2 amide bonds. The molecule has 0 fully saturated rings. The molecular weight excluding hydrogens is 344 g/mol. The average Bonchev–Trinajstić information content (AvgIpc) is 3.33. The number of amides is 2. The van der Waals surface area contributed by atoms with Crippen LogP contribution < -0.4 is 10.6 Å². The molecule has 0 saturated heterocycles. The summed E-state index contributed by atoms with van der Waals surface area (Å²) in [6.07, 6.45) is 1.27. The number of primary amides is 1. The molecule has 8 heteroatoms. The second-order valence-corrected chi connectivity index (χ2v) is 5.94. The minimum atomic E-state index is -0.774. The Balaban J connectivity index is 1.78. The highest BCUT2D eigenvalue weighted by Crippen LogP contribution is 2.21. The summed E-state index contributed by atoms with van der Waals surface area (Å²) in [6, 6.07) is 17.0. The lowest BCUT2D eigenvalue weighted by Crippen LogP contribution is -2.33. The van der Waals surface area contributed by atoms with Gasteiger partial charge in [0.1, 0.15) is 5.69 Å². The van der Waals surface area contributed by atoms with Crippen LogP contribution in [0.1, 0.15) is 26.5 Å². The van der Waals surface area contributed by atoms with Gasteiger partial charge in [0.2, 0.25) is 5.95 Å². The Bertz CT molecular complexity index is 1080. The molecule has 2 aromatic heterocycles. The summed E-state index contributed by atoms with van der Waals surface area (Å²) in [5.74, 6) is -0.858. The number of imidazole rings is 2. The fourth-order valence-corrected chi connectivity index (χ4v) is 2.86. The van der Waals surface area contributed by atoms with Crippen molar-refractivity contribution in [2.75, 3.05) is 4.90 Å². The van der Waals surface area contributed by atoms with Crippen LogP contribution in [0.3, 0.4) is 0 Å².